The summed E-state index contributed by atoms with van der Waals surface area (Å²) in [4.78, 5) is 0. The number of rotatable bonds is 0. The number of benzene rings is 2. The van der Waals surface area contributed by atoms with Gasteiger partial charge in [-0.3, -0.25) is 0 Å². The Bertz CT molecular complexity index is 489. The van der Waals surface area contributed by atoms with Gasteiger partial charge in [0.25, 0.3) is 0 Å². The van der Waals surface area contributed by atoms with Crippen molar-refractivity contribution in [3.8, 4) is 11.5 Å². The van der Waals surface area contributed by atoms with E-state index in [1.165, 1.54) is 12.1 Å². The maximum atomic E-state index is 8.88. The first kappa shape index (κ1) is 17.3. The molecule has 0 fully saturated rings. The van der Waals surface area contributed by atoms with Gasteiger partial charge >= 0.3 is 0 Å². The van der Waals surface area contributed by atoms with Crippen LogP contribution in [0.15, 0.2) is 42.5 Å². The van der Waals surface area contributed by atoms with Crippen molar-refractivity contribution < 1.29 is 10.2 Å². The topological polar surface area (TPSA) is 40.5 Å². The van der Waals surface area contributed by atoms with Crippen LogP contribution in [-0.4, -0.2) is 10.2 Å². The molecule has 0 aromatic heterocycles. The fourth-order valence-electron chi connectivity index (χ4n) is 0.962. The lowest BCUT2D eigenvalue weighted by atomic mass is 10.3. The lowest BCUT2D eigenvalue weighted by Crippen LogP contribution is -1.66. The molecule has 0 aliphatic rings. The molecule has 0 bridgehead atoms. The minimum absolute atomic E-state index is 0. The first-order valence-electron chi connectivity index (χ1n) is 4.57. The van der Waals surface area contributed by atoms with E-state index in [4.69, 9.17) is 45.0 Å². The fourth-order valence-corrected chi connectivity index (χ4v) is 1.43. The highest BCUT2D eigenvalue weighted by Crippen LogP contribution is 2.25. The van der Waals surface area contributed by atoms with E-state index >= 15 is 0 Å². The number of aromatic hydroxyl groups is 2. The maximum absolute atomic E-state index is 8.88. The second kappa shape index (κ2) is 8.38. The highest BCUT2D eigenvalue weighted by Gasteiger charge is 1.95. The van der Waals surface area contributed by atoms with Crippen molar-refractivity contribution in [3.05, 3.63) is 57.5 Å². The molecule has 0 atom stereocenters. The summed E-state index contributed by atoms with van der Waals surface area (Å²) in [6, 6.07) is 11.0. The predicted molar refractivity (Wildman–Crippen MR) is 78.8 cm³/mol. The first-order chi connectivity index (χ1) is 7.99. The van der Waals surface area contributed by atoms with Gasteiger partial charge in [0.15, 0.2) is 0 Å². The monoisotopic (exact) mass is 322 g/mol. The smallest absolute Gasteiger partial charge is 0.135 e. The Kier molecular flexibility index (Phi) is 8.03. The third kappa shape index (κ3) is 6.26. The van der Waals surface area contributed by atoms with Crippen molar-refractivity contribution in [2.45, 2.75) is 0 Å². The number of phenolic OH excluding ortho intramolecular Hbond substituents is 2. The number of halogens is 3. The molecule has 0 aliphatic heterocycles. The third-order valence-corrected chi connectivity index (χ3v) is 2.51. The summed E-state index contributed by atoms with van der Waals surface area (Å²) in [6.45, 7) is 0. The molecule has 0 unspecified atom stereocenters. The number of hydrogen-bond donors (Lipinski definition) is 2. The summed E-state index contributed by atoms with van der Waals surface area (Å²) in [6.07, 6.45) is 0. The van der Waals surface area contributed by atoms with Crippen LogP contribution in [0.1, 0.15) is 0 Å². The van der Waals surface area contributed by atoms with Gasteiger partial charge in [0.05, 0.1) is 5.02 Å². The van der Waals surface area contributed by atoms with Crippen LogP contribution in [0.5, 0.6) is 11.5 Å². The average Bonchev–Trinajstić information content (AvgIpc) is 2.24. The second-order valence-electron chi connectivity index (χ2n) is 3.08. The molecule has 96 valence electrons. The van der Waals surface area contributed by atoms with Crippen LogP contribution in [0.25, 0.3) is 0 Å². The highest BCUT2D eigenvalue weighted by atomic mass is 35.5. The van der Waals surface area contributed by atoms with E-state index in [-0.39, 0.29) is 25.0 Å². The third-order valence-electron chi connectivity index (χ3n) is 1.72. The molecule has 18 heavy (non-hydrogen) atoms. The standard InChI is InChI=1S/C6H4Cl2O.C6H5ClO.S/c7-4-1-2-5(8)6(9)3-4;7-5-2-1-3-6(8)4-5;/h1-3,9H;1-4,8H;. The molecule has 0 heterocycles. The second-order valence-corrected chi connectivity index (χ2v) is 4.36. The summed E-state index contributed by atoms with van der Waals surface area (Å²) in [5, 5.41) is 19.0. The molecular formula is C12H9Cl3O2S. The Balaban J connectivity index is 0.000000306. The van der Waals surface area contributed by atoms with Crippen molar-refractivity contribution in [2.75, 3.05) is 0 Å². The highest BCUT2D eigenvalue weighted by molar-refractivity contribution is 7.59. The molecule has 6 heteroatoms. The molecule has 2 rings (SSSR count). The van der Waals surface area contributed by atoms with Gasteiger partial charge in [-0.1, -0.05) is 40.9 Å². The van der Waals surface area contributed by atoms with E-state index in [1.54, 1.807) is 30.3 Å². The number of hydrogen-bond acceptors (Lipinski definition) is 2. The molecule has 0 aliphatic carbocycles. The summed E-state index contributed by atoms with van der Waals surface area (Å²) in [7, 11) is 0. The van der Waals surface area contributed by atoms with Gasteiger partial charge < -0.3 is 10.2 Å². The lowest BCUT2D eigenvalue weighted by molar-refractivity contribution is 0.475. The van der Waals surface area contributed by atoms with Crippen molar-refractivity contribution in [3.63, 3.8) is 0 Å². The molecule has 2 aromatic rings. The molecule has 0 amide bonds. The molecule has 2 radical (unpaired) electrons. The predicted octanol–water partition coefficient (Wildman–Crippen LogP) is 5.39. The van der Waals surface area contributed by atoms with Crippen molar-refractivity contribution >= 4 is 48.3 Å². The quantitative estimate of drug-likeness (QED) is 0.682. The zero-order valence-electron chi connectivity index (χ0n) is 8.98. The molecule has 0 saturated heterocycles. The Hall–Kier alpha value is -0.740. The minimum Gasteiger partial charge on any atom is -0.508 e. The van der Waals surface area contributed by atoms with Gasteiger partial charge in [-0.25, -0.2) is 0 Å². The summed E-state index contributed by atoms with van der Waals surface area (Å²) >= 11 is 16.5. The molecule has 0 saturated carbocycles. The summed E-state index contributed by atoms with van der Waals surface area (Å²) in [5.74, 6) is 0.224. The molecule has 0 spiro atoms. The van der Waals surface area contributed by atoms with Gasteiger partial charge in [0.1, 0.15) is 11.5 Å². The van der Waals surface area contributed by atoms with Gasteiger partial charge in [-0.05, 0) is 30.3 Å². The summed E-state index contributed by atoms with van der Waals surface area (Å²) in [5.41, 5.74) is 0. The average molecular weight is 324 g/mol. The van der Waals surface area contributed by atoms with Crippen molar-refractivity contribution in [1.29, 1.82) is 0 Å². The van der Waals surface area contributed by atoms with Gasteiger partial charge in [0, 0.05) is 29.6 Å². The van der Waals surface area contributed by atoms with Crippen LogP contribution in [0.2, 0.25) is 15.1 Å². The zero-order chi connectivity index (χ0) is 12.8. The first-order valence-corrected chi connectivity index (χ1v) is 5.71. The lowest BCUT2D eigenvalue weighted by Gasteiger charge is -1.93. The Morgan fingerprint density at radius 1 is 0.778 bits per heavy atom. The molecule has 2 N–H and O–H groups in total. The van der Waals surface area contributed by atoms with E-state index in [1.807, 2.05) is 0 Å². The van der Waals surface area contributed by atoms with Crippen LogP contribution >= 0.6 is 48.3 Å². The maximum Gasteiger partial charge on any atom is 0.135 e. The molecule has 2 nitrogen and oxygen atoms in total. The van der Waals surface area contributed by atoms with Crippen molar-refractivity contribution in [1.82, 2.24) is 0 Å². The Morgan fingerprint density at radius 2 is 1.39 bits per heavy atom. The minimum atomic E-state index is 0. The normalized spacial score (nSPS) is 8.83. The van der Waals surface area contributed by atoms with Gasteiger partial charge in [0.2, 0.25) is 0 Å². The van der Waals surface area contributed by atoms with Gasteiger partial charge in [-0.15, -0.1) is 0 Å². The largest absolute Gasteiger partial charge is 0.508 e. The van der Waals surface area contributed by atoms with Gasteiger partial charge in [-0.2, -0.15) is 0 Å². The van der Waals surface area contributed by atoms with Crippen LogP contribution in [0.3, 0.4) is 0 Å². The molecular weight excluding hydrogens is 315 g/mol. The zero-order valence-corrected chi connectivity index (χ0v) is 12.1. The SMILES string of the molecule is Oc1cc(Cl)ccc1Cl.Oc1cccc(Cl)c1.[S]. The van der Waals surface area contributed by atoms with E-state index in [9.17, 15) is 0 Å². The van der Waals surface area contributed by atoms with E-state index in [0.717, 1.165) is 0 Å². The van der Waals surface area contributed by atoms with Crippen LogP contribution < -0.4 is 0 Å². The van der Waals surface area contributed by atoms with E-state index < -0.39 is 0 Å². The van der Waals surface area contributed by atoms with Crippen LogP contribution in [-0.2, 0) is 0 Å². The Morgan fingerprint density at radius 3 is 1.78 bits per heavy atom. The van der Waals surface area contributed by atoms with Crippen LogP contribution in [0.4, 0.5) is 0 Å². The van der Waals surface area contributed by atoms with E-state index in [0.29, 0.717) is 15.1 Å². The van der Waals surface area contributed by atoms with E-state index in [2.05, 4.69) is 0 Å². The fraction of sp³-hybridized carbons (Fsp3) is 0. The number of phenols is 2. The summed E-state index contributed by atoms with van der Waals surface area (Å²) < 4.78 is 0. The van der Waals surface area contributed by atoms with Crippen LogP contribution in [0, 0.1) is 0 Å². The molecule has 2 aromatic carbocycles. The van der Waals surface area contributed by atoms with Crippen molar-refractivity contribution in [2.24, 2.45) is 0 Å². The Labute approximate surface area is 127 Å².